The van der Waals surface area contributed by atoms with Crippen molar-refractivity contribution in [3.8, 4) is 0 Å². The molecule has 0 aliphatic heterocycles. The van der Waals surface area contributed by atoms with Crippen LogP contribution in [0.4, 0.5) is 5.69 Å². The van der Waals surface area contributed by atoms with Crippen LogP contribution in [0.3, 0.4) is 0 Å². The van der Waals surface area contributed by atoms with Crippen LogP contribution in [-0.4, -0.2) is 15.2 Å². The number of nitrogens with zero attached hydrogens (tertiary/aromatic N) is 1. The van der Waals surface area contributed by atoms with E-state index in [2.05, 4.69) is 20.8 Å². The van der Waals surface area contributed by atoms with Crippen molar-refractivity contribution in [2.75, 3.05) is 0 Å². The van der Waals surface area contributed by atoms with Crippen LogP contribution in [0.2, 0.25) is 0 Å². The Morgan fingerprint density at radius 2 is 1.91 bits per heavy atom. The highest BCUT2D eigenvalue weighted by Gasteiger charge is 2.33. The summed E-state index contributed by atoms with van der Waals surface area (Å²) in [5.41, 5.74) is -0.00732. The molecule has 22 heavy (non-hydrogen) atoms. The highest BCUT2D eigenvalue weighted by Crippen LogP contribution is 2.36. The third-order valence-corrected chi connectivity index (χ3v) is 5.49. The number of nitro benzene ring substituents is 1. The van der Waals surface area contributed by atoms with Crippen LogP contribution in [0.15, 0.2) is 29.2 Å². The lowest BCUT2D eigenvalue weighted by Crippen LogP contribution is -2.34. The lowest BCUT2D eigenvalue weighted by atomic mass is 9.75. The van der Waals surface area contributed by atoms with Gasteiger partial charge in [0.05, 0.1) is 15.9 Å². The van der Waals surface area contributed by atoms with Crippen molar-refractivity contribution in [1.82, 2.24) is 0 Å². The zero-order chi connectivity index (χ0) is 16.3. The maximum absolute atomic E-state index is 12.4. The van der Waals surface area contributed by atoms with E-state index < -0.39 is 16.0 Å². The fourth-order valence-corrected chi connectivity index (χ4v) is 3.99. The van der Waals surface area contributed by atoms with Gasteiger partial charge in [-0.2, -0.15) is 0 Å². The highest BCUT2D eigenvalue weighted by atomic mass is 32.2. The number of hydrogen-bond acceptors (Lipinski definition) is 4. The lowest BCUT2D eigenvalue weighted by Gasteiger charge is -2.36. The Bertz CT molecular complexity index is 544. The van der Waals surface area contributed by atoms with E-state index in [1.54, 1.807) is 0 Å². The van der Waals surface area contributed by atoms with Crippen molar-refractivity contribution in [1.29, 1.82) is 0 Å². The average Bonchev–Trinajstić information content (AvgIpc) is 2.47. The molecule has 0 aromatic heterocycles. The Hall–Kier alpha value is -1.27. The molecule has 1 saturated carbocycles. The molecule has 0 spiro atoms. The molecule has 1 fully saturated rings. The predicted octanol–water partition coefficient (Wildman–Crippen LogP) is 4.09. The first kappa shape index (κ1) is 17.1. The molecule has 6 heteroatoms. The molecule has 0 saturated heterocycles. The predicted molar refractivity (Wildman–Crippen MR) is 85.7 cm³/mol. The van der Waals surface area contributed by atoms with E-state index in [0.29, 0.717) is 22.6 Å². The van der Waals surface area contributed by atoms with Crippen LogP contribution in [0.1, 0.15) is 40.0 Å². The normalized spacial score (nSPS) is 26.8. The van der Waals surface area contributed by atoms with Crippen LogP contribution in [0.5, 0.6) is 0 Å². The van der Waals surface area contributed by atoms with Crippen molar-refractivity contribution in [3.05, 3.63) is 34.4 Å². The molecule has 4 atom stereocenters. The first-order valence-corrected chi connectivity index (χ1v) is 8.79. The number of hydrogen-bond donors (Lipinski definition) is 0. The van der Waals surface area contributed by atoms with Gasteiger partial charge < -0.3 is 0 Å². The van der Waals surface area contributed by atoms with Gasteiger partial charge in [0, 0.05) is 12.1 Å². The van der Waals surface area contributed by atoms with Gasteiger partial charge in [-0.3, -0.25) is 14.3 Å². The maximum atomic E-state index is 12.4. The summed E-state index contributed by atoms with van der Waals surface area (Å²) in [6.07, 6.45) is 3.19. The van der Waals surface area contributed by atoms with Crippen molar-refractivity contribution in [3.63, 3.8) is 0 Å². The molecule has 0 radical (unpaired) electrons. The molecule has 0 amide bonds. The summed E-state index contributed by atoms with van der Waals surface area (Å²) < 4.78 is 18.2. The van der Waals surface area contributed by atoms with Gasteiger partial charge in [0.2, 0.25) is 0 Å². The highest BCUT2D eigenvalue weighted by molar-refractivity contribution is 7.80. The van der Waals surface area contributed by atoms with Crippen molar-refractivity contribution in [2.45, 2.75) is 51.0 Å². The molecule has 1 aromatic carbocycles. The summed E-state index contributed by atoms with van der Waals surface area (Å²) >= 11 is -1.58. The smallest absolute Gasteiger partial charge is 0.269 e. The van der Waals surface area contributed by atoms with Gasteiger partial charge in [0.1, 0.15) is 0 Å². The molecular formula is C16H23NO4S. The Balaban J connectivity index is 2.07. The van der Waals surface area contributed by atoms with E-state index in [-0.39, 0.29) is 11.8 Å². The summed E-state index contributed by atoms with van der Waals surface area (Å²) in [4.78, 5) is 10.7. The molecule has 0 bridgehead atoms. The van der Waals surface area contributed by atoms with E-state index in [4.69, 9.17) is 4.18 Å². The minimum atomic E-state index is -1.58. The zero-order valence-corrected chi connectivity index (χ0v) is 14.0. The molecule has 5 nitrogen and oxygen atoms in total. The Kier molecular flexibility index (Phi) is 5.69. The first-order valence-electron chi connectivity index (χ1n) is 7.71. The third-order valence-electron chi connectivity index (χ3n) is 4.41. The molecule has 1 aliphatic carbocycles. The van der Waals surface area contributed by atoms with Crippen LogP contribution in [0.25, 0.3) is 0 Å². The second kappa shape index (κ2) is 7.33. The fraction of sp³-hybridized carbons (Fsp3) is 0.625. The monoisotopic (exact) mass is 325 g/mol. The minimum absolute atomic E-state index is 0.00732. The topological polar surface area (TPSA) is 69.4 Å². The Labute approximate surface area is 133 Å². The minimum Gasteiger partial charge on any atom is -0.283 e. The van der Waals surface area contributed by atoms with Crippen molar-refractivity contribution in [2.24, 2.45) is 17.8 Å². The van der Waals surface area contributed by atoms with Gasteiger partial charge >= 0.3 is 0 Å². The van der Waals surface area contributed by atoms with E-state index in [0.717, 1.165) is 12.8 Å². The van der Waals surface area contributed by atoms with Gasteiger partial charge in [0.15, 0.2) is 11.1 Å². The van der Waals surface area contributed by atoms with Crippen LogP contribution < -0.4 is 0 Å². The maximum Gasteiger partial charge on any atom is 0.269 e. The van der Waals surface area contributed by atoms with E-state index in [1.165, 1.54) is 30.7 Å². The molecule has 0 heterocycles. The lowest BCUT2D eigenvalue weighted by molar-refractivity contribution is -0.384. The quantitative estimate of drug-likeness (QED) is 0.604. The van der Waals surface area contributed by atoms with Crippen molar-refractivity contribution < 1.29 is 13.3 Å². The number of rotatable bonds is 5. The van der Waals surface area contributed by atoms with Gasteiger partial charge in [-0.25, -0.2) is 4.21 Å². The largest absolute Gasteiger partial charge is 0.283 e. The standard InChI is InChI=1S/C16H23NO4S/c1-11(2)15-9-4-12(3)10-16(15)21-22(20)14-7-5-13(6-8-14)17(18)19/h5-8,11-12,15-16H,4,9-10H2,1-3H3. The molecule has 122 valence electrons. The van der Waals surface area contributed by atoms with Crippen LogP contribution >= 0.6 is 0 Å². The number of nitro groups is 1. The second-order valence-corrected chi connectivity index (χ2v) is 7.58. The Morgan fingerprint density at radius 1 is 1.27 bits per heavy atom. The summed E-state index contributed by atoms with van der Waals surface area (Å²) in [7, 11) is 0. The summed E-state index contributed by atoms with van der Waals surface area (Å²) in [5.74, 6) is 1.48. The molecule has 4 unspecified atom stereocenters. The van der Waals surface area contributed by atoms with E-state index in [9.17, 15) is 14.3 Å². The molecule has 1 aliphatic rings. The van der Waals surface area contributed by atoms with Gasteiger partial charge in [-0.15, -0.1) is 0 Å². The summed E-state index contributed by atoms with van der Waals surface area (Å²) in [5, 5.41) is 10.7. The summed E-state index contributed by atoms with van der Waals surface area (Å²) in [6.45, 7) is 6.54. The zero-order valence-electron chi connectivity index (χ0n) is 13.2. The van der Waals surface area contributed by atoms with Crippen LogP contribution in [0, 0.1) is 27.9 Å². The number of benzene rings is 1. The van der Waals surface area contributed by atoms with E-state index >= 15 is 0 Å². The summed E-state index contributed by atoms with van der Waals surface area (Å²) in [6, 6.07) is 5.73. The van der Waals surface area contributed by atoms with Gasteiger partial charge in [-0.05, 0) is 42.7 Å². The fourth-order valence-electron chi connectivity index (χ4n) is 3.07. The molecule has 1 aromatic rings. The van der Waals surface area contributed by atoms with E-state index in [1.807, 2.05) is 0 Å². The second-order valence-electron chi connectivity index (χ2n) is 6.45. The average molecular weight is 325 g/mol. The molecule has 2 rings (SSSR count). The third kappa shape index (κ3) is 4.14. The SMILES string of the molecule is CC1CCC(C(C)C)C(OS(=O)c2ccc([N+](=O)[O-])cc2)C1. The molecular weight excluding hydrogens is 302 g/mol. The van der Waals surface area contributed by atoms with Gasteiger partial charge in [0.25, 0.3) is 5.69 Å². The Morgan fingerprint density at radius 3 is 2.45 bits per heavy atom. The molecule has 0 N–H and O–H groups in total. The van der Waals surface area contributed by atoms with Gasteiger partial charge in [-0.1, -0.05) is 27.2 Å². The van der Waals surface area contributed by atoms with Crippen molar-refractivity contribution >= 4 is 16.8 Å². The first-order chi connectivity index (χ1) is 10.4. The number of non-ortho nitro benzene ring substituents is 1. The van der Waals surface area contributed by atoms with Crippen LogP contribution in [-0.2, 0) is 15.3 Å².